The summed E-state index contributed by atoms with van der Waals surface area (Å²) in [5.41, 5.74) is 0.659. The van der Waals surface area contributed by atoms with E-state index in [4.69, 9.17) is 9.47 Å². The highest BCUT2D eigenvalue weighted by atomic mass is 16.5. The zero-order valence-corrected chi connectivity index (χ0v) is 14.3. The lowest BCUT2D eigenvalue weighted by molar-refractivity contribution is -0.143. The molecule has 1 aromatic carbocycles. The Morgan fingerprint density at radius 1 is 1.25 bits per heavy atom. The van der Waals surface area contributed by atoms with Gasteiger partial charge in [-0.15, -0.1) is 0 Å². The maximum absolute atomic E-state index is 12.0. The molecule has 2 heterocycles. The predicted molar refractivity (Wildman–Crippen MR) is 88.6 cm³/mol. The van der Waals surface area contributed by atoms with Crippen molar-refractivity contribution in [3.63, 3.8) is 0 Å². The lowest BCUT2D eigenvalue weighted by Crippen LogP contribution is -2.54. The first kappa shape index (κ1) is 16.8. The Kier molecular flexibility index (Phi) is 4.76. The SMILES string of the molecule is COC(=O)CN1CCC2(CC1)CN(C(C)=O)Cc1ccccc1O2. The van der Waals surface area contributed by atoms with E-state index in [-0.39, 0.29) is 17.5 Å². The summed E-state index contributed by atoms with van der Waals surface area (Å²) in [6.45, 7) is 4.59. The molecule has 0 N–H and O–H groups in total. The van der Waals surface area contributed by atoms with Crippen molar-refractivity contribution in [2.24, 2.45) is 0 Å². The van der Waals surface area contributed by atoms with E-state index in [1.165, 1.54) is 7.11 Å². The van der Waals surface area contributed by atoms with Crippen molar-refractivity contribution in [3.8, 4) is 5.75 Å². The average Bonchev–Trinajstić information content (AvgIpc) is 2.74. The summed E-state index contributed by atoms with van der Waals surface area (Å²) in [4.78, 5) is 27.4. The van der Waals surface area contributed by atoms with Crippen molar-refractivity contribution < 1.29 is 19.1 Å². The highest BCUT2D eigenvalue weighted by Crippen LogP contribution is 2.35. The average molecular weight is 332 g/mol. The van der Waals surface area contributed by atoms with Crippen molar-refractivity contribution in [2.75, 3.05) is 33.3 Å². The molecule has 6 heteroatoms. The lowest BCUT2D eigenvalue weighted by Gasteiger charge is -2.42. The topological polar surface area (TPSA) is 59.1 Å². The fourth-order valence-electron chi connectivity index (χ4n) is 3.46. The second-order valence-corrected chi connectivity index (χ2v) is 6.62. The standard InChI is InChI=1S/C18H24N2O4/c1-14(21)20-11-15-5-3-4-6-16(15)24-18(13-20)7-9-19(10-8-18)12-17(22)23-2/h3-6H,7-13H2,1-2H3. The van der Waals surface area contributed by atoms with Crippen LogP contribution in [0.2, 0.25) is 0 Å². The van der Waals surface area contributed by atoms with Crippen LogP contribution in [0.15, 0.2) is 24.3 Å². The number of methoxy groups -OCH3 is 1. The molecule has 0 radical (unpaired) electrons. The molecule has 0 aliphatic carbocycles. The molecule has 24 heavy (non-hydrogen) atoms. The smallest absolute Gasteiger partial charge is 0.319 e. The highest BCUT2D eigenvalue weighted by molar-refractivity contribution is 5.73. The van der Waals surface area contributed by atoms with E-state index in [2.05, 4.69) is 4.90 Å². The second-order valence-electron chi connectivity index (χ2n) is 6.62. The number of ether oxygens (including phenoxy) is 2. The summed E-state index contributed by atoms with van der Waals surface area (Å²) in [7, 11) is 1.41. The van der Waals surface area contributed by atoms with Crippen LogP contribution in [0.1, 0.15) is 25.3 Å². The summed E-state index contributed by atoms with van der Waals surface area (Å²) < 4.78 is 11.1. The van der Waals surface area contributed by atoms with E-state index in [9.17, 15) is 9.59 Å². The summed E-state index contributed by atoms with van der Waals surface area (Å²) in [5, 5.41) is 0. The Morgan fingerprint density at radius 3 is 2.62 bits per heavy atom. The van der Waals surface area contributed by atoms with Gasteiger partial charge in [0, 0.05) is 45.0 Å². The van der Waals surface area contributed by atoms with Crippen molar-refractivity contribution >= 4 is 11.9 Å². The van der Waals surface area contributed by atoms with E-state index in [1.54, 1.807) is 6.92 Å². The van der Waals surface area contributed by atoms with Gasteiger partial charge in [-0.25, -0.2) is 0 Å². The first-order valence-corrected chi connectivity index (χ1v) is 8.33. The van der Waals surface area contributed by atoms with Crippen molar-refractivity contribution in [1.29, 1.82) is 0 Å². The van der Waals surface area contributed by atoms with Gasteiger partial charge in [-0.2, -0.15) is 0 Å². The molecule has 0 saturated carbocycles. The van der Waals surface area contributed by atoms with Gasteiger partial charge < -0.3 is 14.4 Å². The van der Waals surface area contributed by atoms with Crippen molar-refractivity contribution in [1.82, 2.24) is 9.80 Å². The number of esters is 1. The summed E-state index contributed by atoms with van der Waals surface area (Å²) >= 11 is 0. The maximum atomic E-state index is 12.0. The first-order valence-electron chi connectivity index (χ1n) is 8.33. The number of hydrogen-bond donors (Lipinski definition) is 0. The molecule has 2 aliphatic heterocycles. The zero-order valence-electron chi connectivity index (χ0n) is 14.3. The lowest BCUT2D eigenvalue weighted by atomic mass is 9.90. The molecule has 1 amide bonds. The number of piperidine rings is 1. The Bertz CT molecular complexity index is 623. The number of likely N-dealkylation sites (tertiary alicyclic amines) is 1. The molecule has 0 atom stereocenters. The van der Waals surface area contributed by atoms with E-state index < -0.39 is 0 Å². The van der Waals surface area contributed by atoms with Crippen LogP contribution in [0.3, 0.4) is 0 Å². The van der Waals surface area contributed by atoms with Gasteiger partial charge in [-0.3, -0.25) is 14.5 Å². The van der Waals surface area contributed by atoms with Gasteiger partial charge in [0.1, 0.15) is 11.4 Å². The van der Waals surface area contributed by atoms with Crippen molar-refractivity contribution in [3.05, 3.63) is 29.8 Å². The van der Waals surface area contributed by atoms with Crippen LogP contribution in [0.5, 0.6) is 5.75 Å². The summed E-state index contributed by atoms with van der Waals surface area (Å²) in [6, 6.07) is 7.91. The van der Waals surface area contributed by atoms with E-state index in [0.29, 0.717) is 19.6 Å². The Balaban J connectivity index is 1.77. The fourth-order valence-corrected chi connectivity index (χ4v) is 3.46. The number of carbonyl (C=O) groups is 2. The number of benzene rings is 1. The largest absolute Gasteiger partial charge is 0.485 e. The molecule has 3 rings (SSSR count). The highest BCUT2D eigenvalue weighted by Gasteiger charge is 2.41. The van der Waals surface area contributed by atoms with Gasteiger partial charge in [-0.1, -0.05) is 18.2 Å². The minimum Gasteiger partial charge on any atom is -0.485 e. The van der Waals surface area contributed by atoms with Crippen molar-refractivity contribution in [2.45, 2.75) is 31.9 Å². The van der Waals surface area contributed by atoms with Crippen LogP contribution in [0.25, 0.3) is 0 Å². The molecule has 1 fully saturated rings. The molecule has 0 unspecified atom stereocenters. The van der Waals surface area contributed by atoms with Crippen LogP contribution >= 0.6 is 0 Å². The second kappa shape index (κ2) is 6.81. The van der Waals surface area contributed by atoms with Gasteiger partial charge in [0.15, 0.2) is 0 Å². The number of carbonyl (C=O) groups excluding carboxylic acids is 2. The van der Waals surface area contributed by atoms with Crippen LogP contribution in [0.4, 0.5) is 0 Å². The minimum atomic E-state index is -0.384. The molecule has 0 aromatic heterocycles. The van der Waals surface area contributed by atoms with Gasteiger partial charge in [-0.05, 0) is 6.07 Å². The van der Waals surface area contributed by atoms with E-state index in [0.717, 1.165) is 37.2 Å². The van der Waals surface area contributed by atoms with Gasteiger partial charge in [0.25, 0.3) is 0 Å². The molecule has 1 aromatic rings. The molecule has 130 valence electrons. The molecule has 1 spiro atoms. The molecule has 0 bridgehead atoms. The van der Waals surface area contributed by atoms with Gasteiger partial charge in [0.2, 0.25) is 5.91 Å². The zero-order chi connectivity index (χ0) is 17.2. The fraction of sp³-hybridized carbons (Fsp3) is 0.556. The Morgan fingerprint density at radius 2 is 1.96 bits per heavy atom. The number of para-hydroxylation sites is 1. The predicted octanol–water partition coefficient (Wildman–Crippen LogP) is 1.44. The number of nitrogens with zero attached hydrogens (tertiary/aromatic N) is 2. The Hall–Kier alpha value is -2.08. The third kappa shape index (κ3) is 3.53. The number of amides is 1. The van der Waals surface area contributed by atoms with Crippen LogP contribution in [-0.4, -0.2) is 60.6 Å². The Labute approximate surface area is 142 Å². The number of fused-ring (bicyclic) bond motifs is 1. The molecular weight excluding hydrogens is 308 g/mol. The first-order chi connectivity index (χ1) is 11.5. The van der Waals surface area contributed by atoms with Crippen LogP contribution < -0.4 is 4.74 Å². The van der Waals surface area contributed by atoms with Gasteiger partial charge in [0.05, 0.1) is 20.2 Å². The molecule has 2 aliphatic rings. The molecular formula is C18H24N2O4. The minimum absolute atomic E-state index is 0.0617. The third-order valence-electron chi connectivity index (χ3n) is 4.93. The molecule has 6 nitrogen and oxygen atoms in total. The monoisotopic (exact) mass is 332 g/mol. The van der Waals surface area contributed by atoms with Crippen LogP contribution in [-0.2, 0) is 20.9 Å². The summed E-state index contributed by atoms with van der Waals surface area (Å²) in [6.07, 6.45) is 1.56. The molecule has 1 saturated heterocycles. The number of hydrogen-bond acceptors (Lipinski definition) is 5. The van der Waals surface area contributed by atoms with E-state index in [1.807, 2.05) is 29.2 Å². The third-order valence-corrected chi connectivity index (χ3v) is 4.93. The number of rotatable bonds is 2. The van der Waals surface area contributed by atoms with Gasteiger partial charge >= 0.3 is 5.97 Å². The van der Waals surface area contributed by atoms with Crippen LogP contribution in [0, 0.1) is 0 Å². The quantitative estimate of drug-likeness (QED) is 0.767. The maximum Gasteiger partial charge on any atom is 0.319 e. The normalized spacial score (nSPS) is 20.0. The summed E-state index contributed by atoms with van der Waals surface area (Å²) in [5.74, 6) is 0.706. The van der Waals surface area contributed by atoms with E-state index >= 15 is 0 Å².